The Kier molecular flexibility index (Phi) is 7.99. The molecule has 0 fully saturated rings. The number of nitrogens with zero attached hydrogens (tertiary/aromatic N) is 1. The average molecular weight is 308 g/mol. The Labute approximate surface area is 131 Å². The minimum atomic E-state index is -0.918. The van der Waals surface area contributed by atoms with Gasteiger partial charge in [0, 0.05) is 26.7 Å². The summed E-state index contributed by atoms with van der Waals surface area (Å²) in [7, 11) is 1.58. The van der Waals surface area contributed by atoms with Crippen molar-refractivity contribution in [2.75, 3.05) is 20.2 Å². The van der Waals surface area contributed by atoms with E-state index in [9.17, 15) is 9.59 Å². The van der Waals surface area contributed by atoms with Crippen molar-refractivity contribution in [1.82, 2.24) is 10.2 Å². The highest BCUT2D eigenvalue weighted by molar-refractivity contribution is 5.75. The Balaban J connectivity index is 2.49. The van der Waals surface area contributed by atoms with Gasteiger partial charge in [-0.2, -0.15) is 0 Å². The Morgan fingerprint density at radius 2 is 1.95 bits per heavy atom. The quantitative estimate of drug-likeness (QED) is 0.686. The second kappa shape index (κ2) is 9.78. The molecule has 0 aliphatic heterocycles. The maximum absolute atomic E-state index is 11.9. The molecule has 6 heteroatoms. The van der Waals surface area contributed by atoms with Gasteiger partial charge in [0.05, 0.1) is 13.0 Å². The molecule has 2 N–H and O–H groups in total. The Morgan fingerprint density at radius 1 is 1.27 bits per heavy atom. The molecule has 0 atom stereocenters. The van der Waals surface area contributed by atoms with Gasteiger partial charge in [0.15, 0.2) is 0 Å². The van der Waals surface area contributed by atoms with E-state index in [1.165, 1.54) is 4.90 Å². The zero-order chi connectivity index (χ0) is 16.4. The molecule has 0 aliphatic rings. The number of hydrogen-bond donors (Lipinski definition) is 2. The smallest absolute Gasteiger partial charge is 0.317 e. The van der Waals surface area contributed by atoms with E-state index in [0.29, 0.717) is 19.8 Å². The van der Waals surface area contributed by atoms with Crippen LogP contribution >= 0.6 is 0 Å². The van der Waals surface area contributed by atoms with Crippen LogP contribution in [-0.4, -0.2) is 42.2 Å². The Hall–Kier alpha value is -2.08. The average Bonchev–Trinajstić information content (AvgIpc) is 2.51. The summed E-state index contributed by atoms with van der Waals surface area (Å²) in [5.74, 6) is -0.918. The van der Waals surface area contributed by atoms with Gasteiger partial charge in [-0.1, -0.05) is 31.2 Å². The molecular formula is C16H24N2O4. The van der Waals surface area contributed by atoms with Crippen LogP contribution in [0.4, 0.5) is 4.79 Å². The highest BCUT2D eigenvalue weighted by atomic mass is 16.5. The summed E-state index contributed by atoms with van der Waals surface area (Å²) in [4.78, 5) is 23.8. The molecule has 1 aromatic rings. The van der Waals surface area contributed by atoms with E-state index in [4.69, 9.17) is 9.84 Å². The summed E-state index contributed by atoms with van der Waals surface area (Å²) >= 11 is 0. The van der Waals surface area contributed by atoms with E-state index in [0.717, 1.165) is 17.5 Å². The number of nitrogens with one attached hydrogen (secondary N) is 1. The maximum atomic E-state index is 11.9. The molecule has 22 heavy (non-hydrogen) atoms. The van der Waals surface area contributed by atoms with Crippen molar-refractivity contribution in [3.63, 3.8) is 0 Å². The van der Waals surface area contributed by atoms with Gasteiger partial charge in [0.25, 0.3) is 0 Å². The molecule has 0 aliphatic carbocycles. The van der Waals surface area contributed by atoms with Gasteiger partial charge in [-0.05, 0) is 17.5 Å². The van der Waals surface area contributed by atoms with E-state index in [-0.39, 0.29) is 19.0 Å². The Bertz CT molecular complexity index is 491. The van der Waals surface area contributed by atoms with Gasteiger partial charge in [-0.25, -0.2) is 4.79 Å². The van der Waals surface area contributed by atoms with Crippen molar-refractivity contribution < 1.29 is 19.4 Å². The maximum Gasteiger partial charge on any atom is 0.317 e. The molecule has 1 aromatic carbocycles. The summed E-state index contributed by atoms with van der Waals surface area (Å²) in [6, 6.07) is 7.49. The van der Waals surface area contributed by atoms with Crippen LogP contribution in [-0.2, 0) is 22.7 Å². The van der Waals surface area contributed by atoms with Crippen molar-refractivity contribution in [2.45, 2.75) is 32.9 Å². The number of hydrogen-bond acceptors (Lipinski definition) is 3. The normalized spacial score (nSPS) is 10.3. The molecule has 0 spiro atoms. The fourth-order valence-corrected chi connectivity index (χ4v) is 1.87. The largest absolute Gasteiger partial charge is 0.481 e. The lowest BCUT2D eigenvalue weighted by molar-refractivity contribution is -0.137. The molecule has 0 saturated carbocycles. The molecule has 0 bridgehead atoms. The van der Waals surface area contributed by atoms with Crippen LogP contribution in [0.3, 0.4) is 0 Å². The first-order valence-electron chi connectivity index (χ1n) is 7.39. The summed E-state index contributed by atoms with van der Waals surface area (Å²) in [6.45, 7) is 3.86. The molecule has 122 valence electrons. The third-order valence-electron chi connectivity index (χ3n) is 3.16. The van der Waals surface area contributed by atoms with E-state index >= 15 is 0 Å². The number of benzene rings is 1. The van der Waals surface area contributed by atoms with Crippen LogP contribution in [0.25, 0.3) is 0 Å². The number of carbonyl (C=O) groups is 2. The summed E-state index contributed by atoms with van der Waals surface area (Å²) in [5, 5.41) is 11.4. The highest BCUT2D eigenvalue weighted by Gasteiger charge is 2.10. The summed E-state index contributed by atoms with van der Waals surface area (Å²) in [5.41, 5.74) is 2.04. The summed E-state index contributed by atoms with van der Waals surface area (Å²) < 4.78 is 5.54. The number of carbonyl (C=O) groups excluding carboxylic acids is 1. The lowest BCUT2D eigenvalue weighted by Gasteiger charge is -2.18. The first-order valence-corrected chi connectivity index (χ1v) is 7.39. The number of urea groups is 1. The highest BCUT2D eigenvalue weighted by Crippen LogP contribution is 2.10. The van der Waals surface area contributed by atoms with Gasteiger partial charge < -0.3 is 20.1 Å². The van der Waals surface area contributed by atoms with Gasteiger partial charge in [0.1, 0.15) is 0 Å². The molecule has 0 saturated heterocycles. The number of ether oxygens (including phenoxy) is 1. The SMILES string of the molecule is CCCOCc1ccccc1CNC(=O)N(C)CCC(=O)O. The van der Waals surface area contributed by atoms with Gasteiger partial charge >= 0.3 is 12.0 Å². The first-order chi connectivity index (χ1) is 10.5. The van der Waals surface area contributed by atoms with Crippen LogP contribution in [0.15, 0.2) is 24.3 Å². The van der Waals surface area contributed by atoms with Crippen LogP contribution in [0.2, 0.25) is 0 Å². The molecule has 6 nitrogen and oxygen atoms in total. The zero-order valence-electron chi connectivity index (χ0n) is 13.2. The van der Waals surface area contributed by atoms with Gasteiger partial charge in [0.2, 0.25) is 0 Å². The zero-order valence-corrected chi connectivity index (χ0v) is 13.2. The second-order valence-electron chi connectivity index (χ2n) is 5.05. The van der Waals surface area contributed by atoms with Crippen LogP contribution in [0.5, 0.6) is 0 Å². The number of rotatable bonds is 9. The first kappa shape index (κ1) is 18.0. The number of carboxylic acids is 1. The number of aliphatic carboxylic acids is 1. The van der Waals surface area contributed by atoms with Crippen molar-refractivity contribution in [3.8, 4) is 0 Å². The lowest BCUT2D eigenvalue weighted by atomic mass is 10.1. The fourth-order valence-electron chi connectivity index (χ4n) is 1.87. The molecule has 0 aromatic heterocycles. The molecule has 2 amide bonds. The van der Waals surface area contributed by atoms with E-state index in [2.05, 4.69) is 12.2 Å². The third-order valence-corrected chi connectivity index (χ3v) is 3.16. The predicted octanol–water partition coefficient (Wildman–Crippen LogP) is 2.23. The standard InChI is InChI=1S/C16H24N2O4/c1-3-10-22-12-14-7-5-4-6-13(14)11-17-16(21)18(2)9-8-15(19)20/h4-7H,3,8-12H2,1-2H3,(H,17,21)(H,19,20). The molecule has 0 unspecified atom stereocenters. The predicted molar refractivity (Wildman–Crippen MR) is 83.5 cm³/mol. The van der Waals surface area contributed by atoms with Crippen molar-refractivity contribution in [1.29, 1.82) is 0 Å². The second-order valence-corrected chi connectivity index (χ2v) is 5.05. The van der Waals surface area contributed by atoms with E-state index < -0.39 is 5.97 Å². The molecule has 0 heterocycles. The topological polar surface area (TPSA) is 78.9 Å². The van der Waals surface area contributed by atoms with Crippen LogP contribution < -0.4 is 5.32 Å². The van der Waals surface area contributed by atoms with Crippen molar-refractivity contribution >= 4 is 12.0 Å². The van der Waals surface area contributed by atoms with Gasteiger partial charge in [-0.3, -0.25) is 4.79 Å². The third kappa shape index (κ3) is 6.58. The lowest BCUT2D eigenvalue weighted by Crippen LogP contribution is -2.38. The van der Waals surface area contributed by atoms with Crippen LogP contribution in [0.1, 0.15) is 30.9 Å². The molecule has 0 radical (unpaired) electrons. The minimum Gasteiger partial charge on any atom is -0.481 e. The van der Waals surface area contributed by atoms with Crippen molar-refractivity contribution in [2.24, 2.45) is 0 Å². The van der Waals surface area contributed by atoms with Gasteiger partial charge in [-0.15, -0.1) is 0 Å². The number of carboxylic acid groups (broad SMARTS) is 1. The molecular weight excluding hydrogens is 284 g/mol. The van der Waals surface area contributed by atoms with E-state index in [1.54, 1.807) is 7.05 Å². The van der Waals surface area contributed by atoms with Crippen LogP contribution in [0, 0.1) is 0 Å². The molecule has 1 rings (SSSR count). The minimum absolute atomic E-state index is 0.0641. The Morgan fingerprint density at radius 3 is 2.59 bits per heavy atom. The van der Waals surface area contributed by atoms with E-state index in [1.807, 2.05) is 24.3 Å². The van der Waals surface area contributed by atoms with Crippen molar-refractivity contribution in [3.05, 3.63) is 35.4 Å². The summed E-state index contributed by atoms with van der Waals surface area (Å²) in [6.07, 6.45) is 0.901. The fraction of sp³-hybridized carbons (Fsp3) is 0.500. The monoisotopic (exact) mass is 308 g/mol. The number of amides is 2.